The van der Waals surface area contributed by atoms with Gasteiger partial charge in [0.2, 0.25) is 5.91 Å². The SMILES string of the molecule is CCOc1ccc(-n2c(=S)sc3c(=O)n(-c4ccc(C)cc4)c(SCC(=O)N[C@H](C)CC)nc32)cc1. The average Bonchev–Trinajstić information content (AvgIpc) is 3.20. The molecule has 1 N–H and O–H groups in total. The third kappa shape index (κ3) is 5.55. The maximum Gasteiger partial charge on any atom is 0.278 e. The van der Waals surface area contributed by atoms with Gasteiger partial charge < -0.3 is 10.1 Å². The number of thioether (sulfide) groups is 1. The number of carbonyl (C=O) groups excluding carboxylic acids is 1. The molecule has 2 aromatic heterocycles. The van der Waals surface area contributed by atoms with Crippen molar-refractivity contribution in [3.05, 3.63) is 68.4 Å². The summed E-state index contributed by atoms with van der Waals surface area (Å²) in [6.45, 7) is 8.48. The van der Waals surface area contributed by atoms with Gasteiger partial charge in [-0.25, -0.2) is 4.98 Å². The summed E-state index contributed by atoms with van der Waals surface area (Å²) in [6, 6.07) is 15.3. The molecule has 0 saturated heterocycles. The monoisotopic (exact) mass is 540 g/mol. The largest absolute Gasteiger partial charge is 0.494 e. The molecule has 1 amide bonds. The van der Waals surface area contributed by atoms with E-state index < -0.39 is 0 Å². The molecule has 188 valence electrons. The van der Waals surface area contributed by atoms with Gasteiger partial charge in [-0.1, -0.05) is 47.7 Å². The lowest BCUT2D eigenvalue weighted by molar-refractivity contribution is -0.119. The quantitative estimate of drug-likeness (QED) is 0.167. The van der Waals surface area contributed by atoms with Gasteiger partial charge in [-0.15, -0.1) is 0 Å². The topological polar surface area (TPSA) is 78.1 Å². The zero-order valence-corrected chi connectivity index (χ0v) is 23.1. The number of carbonyl (C=O) groups is 1. The minimum atomic E-state index is -0.213. The van der Waals surface area contributed by atoms with E-state index in [1.54, 1.807) is 9.13 Å². The maximum atomic E-state index is 13.8. The van der Waals surface area contributed by atoms with Gasteiger partial charge in [-0.05, 0) is 75.8 Å². The highest BCUT2D eigenvalue weighted by molar-refractivity contribution is 7.99. The number of rotatable bonds is 9. The van der Waals surface area contributed by atoms with E-state index in [9.17, 15) is 9.59 Å². The Morgan fingerprint density at radius 1 is 1.11 bits per heavy atom. The Kier molecular flexibility index (Phi) is 8.28. The van der Waals surface area contributed by atoms with E-state index in [4.69, 9.17) is 21.9 Å². The van der Waals surface area contributed by atoms with Crippen LogP contribution >= 0.6 is 35.3 Å². The Morgan fingerprint density at radius 2 is 1.75 bits per heavy atom. The molecular formula is C26H28N4O3S3. The van der Waals surface area contributed by atoms with Crippen LogP contribution < -0.4 is 15.6 Å². The summed E-state index contributed by atoms with van der Waals surface area (Å²) in [4.78, 5) is 31.2. The number of nitrogens with one attached hydrogen (secondary N) is 1. The normalized spacial score (nSPS) is 12.0. The van der Waals surface area contributed by atoms with Crippen molar-refractivity contribution >= 4 is 51.6 Å². The number of hydrogen-bond acceptors (Lipinski definition) is 7. The van der Waals surface area contributed by atoms with Crippen LogP contribution in [-0.2, 0) is 4.79 Å². The van der Waals surface area contributed by atoms with Gasteiger partial charge in [0, 0.05) is 11.7 Å². The number of fused-ring (bicyclic) bond motifs is 1. The molecule has 7 nitrogen and oxygen atoms in total. The number of hydrogen-bond donors (Lipinski definition) is 1. The lowest BCUT2D eigenvalue weighted by atomic mass is 10.2. The molecule has 0 aliphatic heterocycles. The van der Waals surface area contributed by atoms with Crippen LogP contribution in [0.4, 0.5) is 0 Å². The Labute approximate surface area is 223 Å². The molecule has 4 rings (SSSR count). The van der Waals surface area contributed by atoms with Crippen molar-refractivity contribution in [3.8, 4) is 17.1 Å². The van der Waals surface area contributed by atoms with Crippen molar-refractivity contribution in [3.63, 3.8) is 0 Å². The summed E-state index contributed by atoms with van der Waals surface area (Å²) in [5.41, 5.74) is 2.83. The second-order valence-corrected chi connectivity index (χ2v) is 10.9. The summed E-state index contributed by atoms with van der Waals surface area (Å²) < 4.78 is 9.90. The van der Waals surface area contributed by atoms with E-state index >= 15 is 0 Å². The lowest BCUT2D eigenvalue weighted by Gasteiger charge is -2.14. The van der Waals surface area contributed by atoms with Crippen LogP contribution in [-0.4, -0.2) is 38.4 Å². The molecular weight excluding hydrogens is 513 g/mol. The number of thiazole rings is 1. The van der Waals surface area contributed by atoms with E-state index in [0.717, 1.165) is 23.4 Å². The van der Waals surface area contributed by atoms with Gasteiger partial charge in [0.15, 0.2) is 14.8 Å². The third-order valence-corrected chi connectivity index (χ3v) is 7.92. The second kappa shape index (κ2) is 11.4. The molecule has 1 atom stereocenters. The number of ether oxygens (including phenoxy) is 1. The van der Waals surface area contributed by atoms with E-state index in [1.165, 1.54) is 23.1 Å². The highest BCUT2D eigenvalue weighted by Gasteiger charge is 2.20. The predicted molar refractivity (Wildman–Crippen MR) is 150 cm³/mol. The number of aromatic nitrogens is 3. The molecule has 0 aliphatic rings. The number of aryl methyl sites for hydroxylation is 1. The molecule has 2 heterocycles. The number of amides is 1. The molecule has 0 fully saturated rings. The van der Waals surface area contributed by atoms with Crippen LogP contribution in [0.2, 0.25) is 0 Å². The van der Waals surface area contributed by atoms with E-state index in [0.29, 0.717) is 31.8 Å². The zero-order valence-electron chi connectivity index (χ0n) is 20.6. The van der Waals surface area contributed by atoms with Crippen LogP contribution in [0.5, 0.6) is 5.75 Å². The van der Waals surface area contributed by atoms with Gasteiger partial charge in [0.1, 0.15) is 10.4 Å². The molecule has 36 heavy (non-hydrogen) atoms. The summed E-state index contributed by atoms with van der Waals surface area (Å²) in [7, 11) is 0. The van der Waals surface area contributed by atoms with Crippen molar-refractivity contribution < 1.29 is 9.53 Å². The molecule has 0 bridgehead atoms. The fourth-order valence-electron chi connectivity index (χ4n) is 3.59. The third-order valence-electron chi connectivity index (χ3n) is 5.63. The highest BCUT2D eigenvalue weighted by Crippen LogP contribution is 2.28. The van der Waals surface area contributed by atoms with Crippen LogP contribution in [0.3, 0.4) is 0 Å². The van der Waals surface area contributed by atoms with E-state index in [1.807, 2.05) is 76.2 Å². The number of nitrogens with zero attached hydrogens (tertiary/aromatic N) is 3. The summed E-state index contributed by atoms with van der Waals surface area (Å²) in [5, 5.41) is 3.40. The Morgan fingerprint density at radius 3 is 2.39 bits per heavy atom. The Bertz CT molecular complexity index is 1490. The Balaban J connectivity index is 1.84. The first kappa shape index (κ1) is 26.1. The molecule has 4 aromatic rings. The van der Waals surface area contributed by atoms with Crippen LogP contribution in [0.25, 0.3) is 21.7 Å². The van der Waals surface area contributed by atoms with Crippen molar-refractivity contribution in [2.75, 3.05) is 12.4 Å². The van der Waals surface area contributed by atoms with Crippen molar-refractivity contribution in [1.29, 1.82) is 0 Å². The van der Waals surface area contributed by atoms with Gasteiger partial charge in [0.05, 0.1) is 18.0 Å². The summed E-state index contributed by atoms with van der Waals surface area (Å²) in [5.74, 6) is 0.792. The Hall–Kier alpha value is -2.95. The molecule has 10 heteroatoms. The van der Waals surface area contributed by atoms with Crippen LogP contribution in [0.1, 0.15) is 32.8 Å². The molecule has 0 spiro atoms. The van der Waals surface area contributed by atoms with Gasteiger partial charge in [-0.2, -0.15) is 0 Å². The summed E-state index contributed by atoms with van der Waals surface area (Å²) >= 11 is 8.13. The lowest BCUT2D eigenvalue weighted by Crippen LogP contribution is -2.33. The highest BCUT2D eigenvalue weighted by atomic mass is 32.2. The average molecular weight is 541 g/mol. The van der Waals surface area contributed by atoms with Crippen LogP contribution in [0, 0.1) is 10.9 Å². The fraction of sp³-hybridized carbons (Fsp3) is 0.308. The smallest absolute Gasteiger partial charge is 0.278 e. The van der Waals surface area contributed by atoms with Gasteiger partial charge in [-0.3, -0.25) is 18.7 Å². The van der Waals surface area contributed by atoms with Crippen molar-refractivity contribution in [2.45, 2.75) is 45.3 Å². The molecule has 0 saturated carbocycles. The minimum Gasteiger partial charge on any atom is -0.494 e. The first-order chi connectivity index (χ1) is 17.3. The molecule has 0 unspecified atom stereocenters. The van der Waals surface area contributed by atoms with Gasteiger partial charge >= 0.3 is 0 Å². The maximum absolute atomic E-state index is 13.8. The molecule has 0 radical (unpaired) electrons. The minimum absolute atomic E-state index is 0.0781. The van der Waals surface area contributed by atoms with Crippen molar-refractivity contribution in [2.24, 2.45) is 0 Å². The first-order valence-corrected chi connectivity index (χ1v) is 13.9. The molecule has 2 aromatic carbocycles. The standard InChI is InChI=1S/C26H28N4O3S3/c1-5-17(4)27-21(31)15-35-25-28-23-22(24(32)30(25)19-9-7-16(3)8-10-19)36-26(34)29(23)18-11-13-20(14-12-18)33-6-2/h7-14,17H,5-6,15H2,1-4H3,(H,27,31)/t17-/m1/s1. The fourth-order valence-corrected chi connectivity index (χ4v) is 5.71. The predicted octanol–water partition coefficient (Wildman–Crippen LogP) is 5.68. The van der Waals surface area contributed by atoms with Gasteiger partial charge in [0.25, 0.3) is 5.56 Å². The summed E-state index contributed by atoms with van der Waals surface area (Å²) in [6.07, 6.45) is 0.841. The van der Waals surface area contributed by atoms with Crippen molar-refractivity contribution in [1.82, 2.24) is 19.4 Å². The van der Waals surface area contributed by atoms with E-state index in [-0.39, 0.29) is 23.3 Å². The second-order valence-electron chi connectivity index (χ2n) is 8.32. The molecule has 0 aliphatic carbocycles. The van der Waals surface area contributed by atoms with E-state index in [2.05, 4.69) is 5.32 Å². The first-order valence-electron chi connectivity index (χ1n) is 11.7. The zero-order chi connectivity index (χ0) is 25.8. The van der Waals surface area contributed by atoms with Crippen LogP contribution in [0.15, 0.2) is 58.5 Å². The number of benzene rings is 2.